The van der Waals surface area contributed by atoms with Crippen LogP contribution in [-0.2, 0) is 24.4 Å². The fraction of sp³-hybridized carbons (Fsp3) is 0.476. The monoisotopic (exact) mass is 892 g/mol. The smallest absolute Gasteiger partial charge is 0.249 e. The Kier molecular flexibility index (Phi) is 12.5. The average Bonchev–Trinajstić information content (AvgIpc) is 3.65. The number of amides is 3. The van der Waals surface area contributed by atoms with Gasteiger partial charge in [-0.3, -0.25) is 29.3 Å². The molecule has 0 spiro atoms. The molecule has 62 heavy (non-hydrogen) atoms. The van der Waals surface area contributed by atoms with Crippen LogP contribution < -0.4 is 26.0 Å². The van der Waals surface area contributed by atoms with Crippen molar-refractivity contribution in [1.29, 1.82) is 0 Å². The van der Waals surface area contributed by atoms with E-state index in [0.717, 1.165) is 30.9 Å². The summed E-state index contributed by atoms with van der Waals surface area (Å²) >= 11 is 1.41. The number of anilines is 4. The molecule has 8 rings (SSSR count). The van der Waals surface area contributed by atoms with Crippen molar-refractivity contribution in [3.8, 4) is 21.8 Å². The van der Waals surface area contributed by atoms with Crippen LogP contribution in [-0.4, -0.2) is 119 Å². The van der Waals surface area contributed by atoms with E-state index >= 15 is 8.78 Å². The van der Waals surface area contributed by atoms with Gasteiger partial charge < -0.3 is 26.0 Å². The van der Waals surface area contributed by atoms with Crippen molar-refractivity contribution in [2.75, 3.05) is 65.7 Å². The van der Waals surface area contributed by atoms with E-state index in [1.165, 1.54) is 29.7 Å². The number of nitrogen functional groups attached to an aromatic ring is 1. The molecule has 4 aliphatic rings. The first-order valence-corrected chi connectivity index (χ1v) is 23.4. The topological polar surface area (TPSA) is 216 Å². The molecule has 0 aliphatic carbocycles. The van der Waals surface area contributed by atoms with Crippen LogP contribution in [0.4, 0.5) is 31.8 Å². The molecule has 3 amide bonds. The summed E-state index contributed by atoms with van der Waals surface area (Å²) in [5.74, 6) is -2.07. The minimum absolute atomic E-state index is 0.00621. The lowest BCUT2D eigenvalue weighted by Gasteiger charge is -2.48. The molecule has 0 unspecified atom stereocenters. The normalized spacial score (nSPS) is 20.2. The minimum atomic E-state index is -3.74. The second kappa shape index (κ2) is 17.8. The number of benzene rings is 2. The van der Waals surface area contributed by atoms with Crippen LogP contribution in [0.2, 0.25) is 0 Å². The lowest BCUT2D eigenvalue weighted by Crippen LogP contribution is -2.63. The summed E-state index contributed by atoms with van der Waals surface area (Å²) in [6.45, 7) is 5.15. The fourth-order valence-electron chi connectivity index (χ4n) is 8.67. The maximum atomic E-state index is 16.1. The zero-order chi connectivity index (χ0) is 43.8. The molecule has 20 heteroatoms. The number of hydrogen-bond donors (Lipinski definition) is 5. The number of imide groups is 1. The van der Waals surface area contributed by atoms with Gasteiger partial charge in [-0.05, 0) is 88.0 Å². The first-order chi connectivity index (χ1) is 29.7. The van der Waals surface area contributed by atoms with E-state index in [1.807, 2.05) is 4.90 Å². The molecule has 2 aromatic heterocycles. The van der Waals surface area contributed by atoms with Crippen LogP contribution in [0.5, 0.6) is 0 Å². The summed E-state index contributed by atoms with van der Waals surface area (Å²) < 4.78 is 58.7. The van der Waals surface area contributed by atoms with Gasteiger partial charge in [0.15, 0.2) is 5.82 Å². The molecule has 0 radical (unpaired) electrons. The largest absolute Gasteiger partial charge is 0.389 e. The molecule has 4 aliphatic heterocycles. The van der Waals surface area contributed by atoms with E-state index in [2.05, 4.69) is 30.2 Å². The van der Waals surface area contributed by atoms with Gasteiger partial charge in [-0.15, -0.1) is 11.3 Å². The van der Waals surface area contributed by atoms with Gasteiger partial charge in [-0.2, -0.15) is 0 Å². The third kappa shape index (κ3) is 9.52. The molecule has 0 saturated carbocycles. The molecular weight excluding hydrogens is 843 g/mol. The highest BCUT2D eigenvalue weighted by atomic mass is 32.2. The SMILES string of the molecule is CCCS(=O)(=O)Nc1cccc(-c2nc(C3CCN(C4CN(C(=O)CC5(O)CCN(c6ccc(N[C@@H]7CCC(=O)NC7=O)cc6F)CC5)C4)CC3)sc2-c2ccnc(N)n2)c1F. The maximum absolute atomic E-state index is 16.1. The van der Waals surface area contributed by atoms with Crippen molar-refractivity contribution in [2.24, 2.45) is 0 Å². The number of carbonyl (C=O) groups excluding carboxylic acids is 3. The van der Waals surface area contributed by atoms with Crippen LogP contribution in [0.3, 0.4) is 0 Å². The van der Waals surface area contributed by atoms with Crippen LogP contribution in [0.1, 0.15) is 69.2 Å². The number of sulfonamides is 1. The number of thiazole rings is 1. The van der Waals surface area contributed by atoms with E-state index in [0.29, 0.717) is 79.5 Å². The number of rotatable bonds is 13. The standard InChI is InChI=1S/C42H50F2N10O6S2/c1-2-20-62(59,60)51-30-5-3-4-28(36(30)44)37-38(31-10-15-46-41(45)48-31)61-40(50-37)25-11-16-52(17-12-25)27-23-54(24-27)35(56)22-42(58)13-18-53(19-14-42)33-8-6-26(21-29(33)43)47-32-7-9-34(55)49-39(32)57/h3-6,8,10,15,21,25,27,32,47,51,58H,2,7,9,11-14,16-20,22-24H2,1H3,(H2,45,46,48)(H,49,55,57)/t32-/m1/s1. The van der Waals surface area contributed by atoms with Crippen molar-refractivity contribution in [2.45, 2.75) is 81.9 Å². The van der Waals surface area contributed by atoms with Gasteiger partial charge in [0.25, 0.3) is 0 Å². The first-order valence-electron chi connectivity index (χ1n) is 21.0. The van der Waals surface area contributed by atoms with E-state index in [-0.39, 0.29) is 59.6 Å². The summed E-state index contributed by atoms with van der Waals surface area (Å²) in [6.07, 6.45) is 4.63. The van der Waals surface area contributed by atoms with Gasteiger partial charge >= 0.3 is 0 Å². The Hall–Kier alpha value is -5.31. The Morgan fingerprint density at radius 2 is 1.81 bits per heavy atom. The fourth-order valence-corrected chi connectivity index (χ4v) is 11.0. The van der Waals surface area contributed by atoms with Gasteiger partial charge in [0.2, 0.25) is 33.7 Å². The van der Waals surface area contributed by atoms with Gasteiger partial charge in [0.05, 0.1) is 50.4 Å². The van der Waals surface area contributed by atoms with E-state index < -0.39 is 39.2 Å². The lowest BCUT2D eigenvalue weighted by molar-refractivity contribution is -0.145. The molecule has 2 aromatic carbocycles. The number of nitrogens with one attached hydrogen (secondary N) is 3. The van der Waals surface area contributed by atoms with Gasteiger partial charge in [-0.25, -0.2) is 32.2 Å². The Morgan fingerprint density at radius 1 is 1.05 bits per heavy atom. The van der Waals surface area contributed by atoms with Crippen LogP contribution in [0.15, 0.2) is 48.7 Å². The van der Waals surface area contributed by atoms with Crippen molar-refractivity contribution in [1.82, 2.24) is 30.1 Å². The summed E-state index contributed by atoms with van der Waals surface area (Å²) in [7, 11) is -3.74. The number of aromatic nitrogens is 3. The highest BCUT2D eigenvalue weighted by Gasteiger charge is 2.41. The van der Waals surface area contributed by atoms with Gasteiger partial charge in [-0.1, -0.05) is 13.0 Å². The third-order valence-electron chi connectivity index (χ3n) is 12.2. The third-order valence-corrected chi connectivity index (χ3v) is 14.9. The summed E-state index contributed by atoms with van der Waals surface area (Å²) in [4.78, 5) is 56.9. The highest BCUT2D eigenvalue weighted by molar-refractivity contribution is 7.92. The Morgan fingerprint density at radius 3 is 2.50 bits per heavy atom. The molecule has 6 N–H and O–H groups in total. The molecule has 4 aromatic rings. The first kappa shape index (κ1) is 43.3. The molecule has 16 nitrogen and oxygen atoms in total. The molecular formula is C42H50F2N10O6S2. The zero-order valence-electron chi connectivity index (χ0n) is 34.3. The average molecular weight is 893 g/mol. The molecule has 1 atom stereocenters. The minimum Gasteiger partial charge on any atom is -0.389 e. The highest BCUT2D eigenvalue weighted by Crippen LogP contribution is 2.43. The number of halogens is 2. The van der Waals surface area contributed by atoms with Crippen LogP contribution >= 0.6 is 11.3 Å². The number of likely N-dealkylation sites (tertiary alicyclic amines) is 2. The second-order valence-corrected chi connectivity index (χ2v) is 19.5. The molecule has 4 fully saturated rings. The van der Waals surface area contributed by atoms with Crippen LogP contribution in [0.25, 0.3) is 21.8 Å². The number of carbonyl (C=O) groups is 3. The second-order valence-electron chi connectivity index (χ2n) is 16.6. The number of nitrogens with two attached hydrogens (primary N) is 1. The summed E-state index contributed by atoms with van der Waals surface area (Å²) in [5.41, 5.74) is 6.37. The lowest BCUT2D eigenvalue weighted by atomic mass is 9.86. The molecule has 6 heterocycles. The van der Waals surface area contributed by atoms with Gasteiger partial charge in [0.1, 0.15) is 11.9 Å². The molecule has 330 valence electrons. The Bertz CT molecular complexity index is 2450. The van der Waals surface area contributed by atoms with Crippen molar-refractivity contribution in [3.05, 3.63) is 65.3 Å². The van der Waals surface area contributed by atoms with Gasteiger partial charge in [0, 0.05) is 62.0 Å². The predicted molar refractivity (Wildman–Crippen MR) is 232 cm³/mol. The van der Waals surface area contributed by atoms with Crippen molar-refractivity contribution in [3.63, 3.8) is 0 Å². The summed E-state index contributed by atoms with van der Waals surface area (Å²) in [5, 5.41) is 17.5. The van der Waals surface area contributed by atoms with E-state index in [9.17, 15) is 27.9 Å². The maximum Gasteiger partial charge on any atom is 0.249 e. The van der Waals surface area contributed by atoms with Crippen LogP contribution in [0, 0.1) is 11.6 Å². The quantitative estimate of drug-likeness (QED) is 0.119. The Labute approximate surface area is 362 Å². The van der Waals surface area contributed by atoms with E-state index in [1.54, 1.807) is 42.2 Å². The Balaban J connectivity index is 0.841. The zero-order valence-corrected chi connectivity index (χ0v) is 35.9. The molecule has 4 saturated heterocycles. The number of aliphatic hydroxyl groups is 1. The number of nitrogens with zero attached hydrogens (tertiary/aromatic N) is 6. The van der Waals surface area contributed by atoms with Crippen molar-refractivity contribution < 1.29 is 36.7 Å². The summed E-state index contributed by atoms with van der Waals surface area (Å²) in [6, 6.07) is 10.4. The molecule has 0 bridgehead atoms. The van der Waals surface area contributed by atoms with E-state index in [4.69, 9.17) is 10.7 Å². The van der Waals surface area contributed by atoms with Crippen molar-refractivity contribution >= 4 is 62.1 Å². The number of hydrogen-bond acceptors (Lipinski definition) is 14. The predicted octanol–water partition coefficient (Wildman–Crippen LogP) is 4.31. The number of piperidine rings is 3.